The van der Waals surface area contributed by atoms with Crippen LogP contribution >= 0.6 is 22.6 Å². The topological polar surface area (TPSA) is 52.6 Å². The van der Waals surface area contributed by atoms with E-state index in [0.717, 1.165) is 0 Å². The zero-order valence-electron chi connectivity index (χ0n) is 8.43. The van der Waals surface area contributed by atoms with Crippen molar-refractivity contribution >= 4 is 34.5 Å². The van der Waals surface area contributed by atoms with E-state index < -0.39 is 17.4 Å². The van der Waals surface area contributed by atoms with Crippen LogP contribution in [0.1, 0.15) is 13.3 Å². The van der Waals surface area contributed by atoms with E-state index in [9.17, 15) is 9.59 Å². The molecule has 0 amide bonds. The number of rotatable bonds is 4. The Labute approximate surface area is 96.8 Å². The number of carbonyl (C=O) groups excluding carboxylic acids is 2. The van der Waals surface area contributed by atoms with Crippen LogP contribution in [0.3, 0.4) is 0 Å². The summed E-state index contributed by atoms with van der Waals surface area (Å²) in [6, 6.07) is 0. The predicted octanol–water partition coefficient (Wildman–Crippen LogP) is 1.68. The molecule has 0 aromatic heterocycles. The van der Waals surface area contributed by atoms with Crippen molar-refractivity contribution < 1.29 is 19.1 Å². The Morgan fingerprint density at radius 3 is 1.86 bits per heavy atom. The van der Waals surface area contributed by atoms with Crippen molar-refractivity contribution in [2.75, 3.05) is 14.2 Å². The minimum Gasteiger partial charge on any atom is -0.468 e. The van der Waals surface area contributed by atoms with E-state index in [-0.39, 0.29) is 6.42 Å². The first kappa shape index (κ1) is 13.4. The van der Waals surface area contributed by atoms with Crippen LogP contribution in [0.2, 0.25) is 0 Å². The van der Waals surface area contributed by atoms with Crippen LogP contribution in [-0.4, -0.2) is 26.2 Å². The van der Waals surface area contributed by atoms with E-state index in [1.807, 2.05) is 22.6 Å². The lowest BCUT2D eigenvalue weighted by Gasteiger charge is -2.22. The molecular weight excluding hydrogens is 299 g/mol. The van der Waals surface area contributed by atoms with Crippen molar-refractivity contribution in [3.63, 3.8) is 0 Å². The third-order valence-electron chi connectivity index (χ3n) is 1.82. The van der Waals surface area contributed by atoms with Gasteiger partial charge in [0.1, 0.15) is 0 Å². The van der Waals surface area contributed by atoms with Gasteiger partial charge >= 0.3 is 11.9 Å². The Balaban J connectivity index is 4.93. The average molecular weight is 312 g/mol. The molecule has 0 aliphatic heterocycles. The van der Waals surface area contributed by atoms with Crippen molar-refractivity contribution in [3.05, 3.63) is 10.2 Å². The van der Waals surface area contributed by atoms with E-state index in [1.165, 1.54) is 21.1 Å². The first-order valence-electron chi connectivity index (χ1n) is 3.88. The van der Waals surface area contributed by atoms with Crippen LogP contribution in [0, 0.1) is 5.41 Å². The molecule has 0 radical (unpaired) electrons. The molecule has 0 saturated carbocycles. The average Bonchev–Trinajstić information content (AvgIpc) is 2.13. The largest absolute Gasteiger partial charge is 0.468 e. The molecule has 0 heterocycles. The molecule has 5 heteroatoms. The molecule has 0 aliphatic carbocycles. The van der Waals surface area contributed by atoms with E-state index in [1.54, 1.807) is 0 Å². The number of ether oxygens (including phenoxy) is 2. The number of halogens is 1. The summed E-state index contributed by atoms with van der Waals surface area (Å²) in [6.45, 7) is 5.13. The number of hydrogen-bond donors (Lipinski definition) is 0. The van der Waals surface area contributed by atoms with Gasteiger partial charge in [0, 0.05) is 6.42 Å². The van der Waals surface area contributed by atoms with Crippen molar-refractivity contribution in [1.82, 2.24) is 0 Å². The SMILES string of the molecule is C=C(I)CC(C)(C(=O)OC)C(=O)OC. The van der Waals surface area contributed by atoms with Gasteiger partial charge in [0.15, 0.2) is 5.41 Å². The molecule has 0 aromatic rings. The Hall–Kier alpha value is -0.590. The molecule has 0 rings (SSSR count). The quantitative estimate of drug-likeness (QED) is 0.450. The fourth-order valence-corrected chi connectivity index (χ4v) is 1.82. The van der Waals surface area contributed by atoms with Crippen LogP contribution in [-0.2, 0) is 19.1 Å². The minimum absolute atomic E-state index is 0.215. The van der Waals surface area contributed by atoms with E-state index >= 15 is 0 Å². The van der Waals surface area contributed by atoms with Crippen LogP contribution in [0.15, 0.2) is 10.2 Å². The summed E-state index contributed by atoms with van der Waals surface area (Å²) in [6.07, 6.45) is 0.215. The Morgan fingerprint density at radius 1 is 1.29 bits per heavy atom. The minimum atomic E-state index is -1.29. The molecule has 0 aliphatic rings. The maximum absolute atomic E-state index is 11.4. The lowest BCUT2D eigenvalue weighted by atomic mass is 9.87. The molecule has 4 nitrogen and oxygen atoms in total. The van der Waals surface area contributed by atoms with Crippen LogP contribution in [0.5, 0.6) is 0 Å². The highest BCUT2D eigenvalue weighted by Gasteiger charge is 2.43. The molecule has 0 atom stereocenters. The van der Waals surface area contributed by atoms with Crippen LogP contribution in [0.4, 0.5) is 0 Å². The number of allylic oxidation sites excluding steroid dienone is 1. The Morgan fingerprint density at radius 2 is 1.64 bits per heavy atom. The summed E-state index contributed by atoms with van der Waals surface area (Å²) in [4.78, 5) is 22.8. The fraction of sp³-hybridized carbons (Fsp3) is 0.556. The highest BCUT2D eigenvalue weighted by Crippen LogP contribution is 2.30. The van der Waals surface area contributed by atoms with Gasteiger partial charge in [-0.3, -0.25) is 9.59 Å². The zero-order valence-corrected chi connectivity index (χ0v) is 10.6. The van der Waals surface area contributed by atoms with Gasteiger partial charge in [0.05, 0.1) is 14.2 Å². The first-order chi connectivity index (χ1) is 6.38. The number of carbonyl (C=O) groups is 2. The molecular formula is C9H13IO4. The second-order valence-electron chi connectivity index (χ2n) is 3.01. The summed E-state index contributed by atoms with van der Waals surface area (Å²) in [5.41, 5.74) is -1.29. The molecule has 0 unspecified atom stereocenters. The lowest BCUT2D eigenvalue weighted by molar-refractivity contribution is -0.167. The van der Waals surface area contributed by atoms with E-state index in [0.29, 0.717) is 3.58 Å². The van der Waals surface area contributed by atoms with E-state index in [4.69, 9.17) is 0 Å². The molecule has 0 saturated heterocycles. The third kappa shape index (κ3) is 2.97. The maximum Gasteiger partial charge on any atom is 0.323 e. The monoisotopic (exact) mass is 312 g/mol. The summed E-state index contributed by atoms with van der Waals surface area (Å²) in [5.74, 6) is -1.22. The number of esters is 2. The molecule has 0 fully saturated rings. The summed E-state index contributed by atoms with van der Waals surface area (Å²) >= 11 is 1.96. The zero-order chi connectivity index (χ0) is 11.4. The van der Waals surface area contributed by atoms with Gasteiger partial charge < -0.3 is 9.47 Å². The molecule has 0 aromatic carbocycles. The Kier molecular flexibility index (Phi) is 5.11. The number of methoxy groups -OCH3 is 2. The molecule has 0 N–H and O–H groups in total. The van der Waals surface area contributed by atoms with E-state index in [2.05, 4.69) is 16.1 Å². The van der Waals surface area contributed by atoms with Crippen LogP contribution < -0.4 is 0 Å². The predicted molar refractivity (Wildman–Crippen MR) is 59.9 cm³/mol. The van der Waals surface area contributed by atoms with Gasteiger partial charge in [-0.25, -0.2) is 0 Å². The van der Waals surface area contributed by atoms with Gasteiger partial charge in [-0.2, -0.15) is 0 Å². The first-order valence-corrected chi connectivity index (χ1v) is 4.96. The fourth-order valence-electron chi connectivity index (χ4n) is 1.06. The van der Waals surface area contributed by atoms with Gasteiger partial charge in [-0.15, -0.1) is 0 Å². The van der Waals surface area contributed by atoms with Gasteiger partial charge in [-0.1, -0.05) is 6.58 Å². The highest BCUT2D eigenvalue weighted by atomic mass is 127. The molecule has 0 spiro atoms. The Bertz CT molecular complexity index is 244. The molecule has 0 bridgehead atoms. The van der Waals surface area contributed by atoms with Crippen molar-refractivity contribution in [2.45, 2.75) is 13.3 Å². The second kappa shape index (κ2) is 5.33. The number of hydrogen-bond acceptors (Lipinski definition) is 4. The summed E-state index contributed by atoms with van der Waals surface area (Å²) < 4.78 is 9.81. The van der Waals surface area contributed by atoms with Crippen LogP contribution in [0.25, 0.3) is 0 Å². The summed E-state index contributed by atoms with van der Waals surface area (Å²) in [7, 11) is 2.47. The standard InChI is InChI=1S/C9H13IO4/c1-6(10)5-9(2,7(11)13-3)8(12)14-4/h1,5H2,2-4H3. The van der Waals surface area contributed by atoms with Gasteiger partial charge in [-0.05, 0) is 33.1 Å². The summed E-state index contributed by atoms with van der Waals surface area (Å²) in [5, 5.41) is 0. The lowest BCUT2D eigenvalue weighted by Crippen LogP contribution is -2.38. The van der Waals surface area contributed by atoms with Crippen molar-refractivity contribution in [2.24, 2.45) is 5.41 Å². The van der Waals surface area contributed by atoms with Crippen molar-refractivity contribution in [3.8, 4) is 0 Å². The second-order valence-corrected chi connectivity index (χ2v) is 4.53. The smallest absolute Gasteiger partial charge is 0.323 e. The molecule has 14 heavy (non-hydrogen) atoms. The van der Waals surface area contributed by atoms with Gasteiger partial charge in [0.25, 0.3) is 0 Å². The normalized spacial score (nSPS) is 10.6. The maximum atomic E-state index is 11.4. The highest BCUT2D eigenvalue weighted by molar-refractivity contribution is 14.1. The molecule has 80 valence electrons. The van der Waals surface area contributed by atoms with Gasteiger partial charge in [0.2, 0.25) is 0 Å². The van der Waals surface area contributed by atoms with Crippen molar-refractivity contribution in [1.29, 1.82) is 0 Å². The third-order valence-corrected chi connectivity index (χ3v) is 2.20.